The van der Waals surface area contributed by atoms with Gasteiger partial charge in [0.2, 0.25) is 0 Å². The van der Waals surface area contributed by atoms with Crippen LogP contribution >= 0.6 is 34.8 Å². The van der Waals surface area contributed by atoms with Crippen molar-refractivity contribution in [1.29, 1.82) is 0 Å². The second kappa shape index (κ2) is 18.2. The fourth-order valence-electron chi connectivity index (χ4n) is 14.3. The van der Waals surface area contributed by atoms with E-state index in [1.165, 1.54) is 0 Å². The number of epoxide rings is 1. The Morgan fingerprint density at radius 3 is 1.44 bits per heavy atom. The third kappa shape index (κ3) is 7.06. The van der Waals surface area contributed by atoms with Gasteiger partial charge in [0, 0.05) is 54.7 Å². The summed E-state index contributed by atoms with van der Waals surface area (Å²) in [6, 6.07) is 0. The van der Waals surface area contributed by atoms with Gasteiger partial charge in [-0.05, 0) is 85.0 Å². The van der Waals surface area contributed by atoms with Gasteiger partial charge in [0.05, 0.1) is 60.5 Å². The van der Waals surface area contributed by atoms with Crippen LogP contribution in [0.2, 0.25) is 0 Å². The van der Waals surface area contributed by atoms with Gasteiger partial charge in [-0.3, -0.25) is 28.8 Å². The standard InChI is InChI=1S/C16H23ClO6.C16H21ClO5.C16H21ClO4/c1-15-9(5-6-17)11(19)7-16(15,14(22)23-15)13(21)8-3-2-4-10(18)12(8)20;1-15-9(5-6-17)10(18)7-16(15,14(20)22-15)13(19)8-3-2-4-11-12(8)21-11;1-15-11(7-8-17)12(18)9-16(15,14(20)21-15)13(19)10-5-3-2-4-6-10/h8-10,12-13,18,20-21H,2-7H2,1H3;8-9,11-13,19H,2-7H2,1H3;3,5,10-11,13,19H,2,4,6-9H2,1H3/t8-,9-,10?,12?,13-,15-,16+;8-,9-,11?,12?,13-,15-,16+;10-,11+,13+,15+,16-/m001/s1. The highest BCUT2D eigenvalue weighted by molar-refractivity contribution is 6.18. The van der Waals surface area contributed by atoms with Gasteiger partial charge in [-0.25, -0.2) is 0 Å². The van der Waals surface area contributed by atoms with Crippen LogP contribution in [0.25, 0.3) is 0 Å². The molecule has 4 unspecified atom stereocenters. The van der Waals surface area contributed by atoms with Gasteiger partial charge in [0.15, 0.2) is 0 Å². The summed E-state index contributed by atoms with van der Waals surface area (Å²) < 4.78 is 21.8. The highest BCUT2D eigenvalue weighted by Gasteiger charge is 2.81. The molecule has 0 aromatic rings. The summed E-state index contributed by atoms with van der Waals surface area (Å²) >= 11 is 17.4. The van der Waals surface area contributed by atoms with Gasteiger partial charge < -0.3 is 44.5 Å². The maximum atomic E-state index is 12.4. The summed E-state index contributed by atoms with van der Waals surface area (Å²) in [4.78, 5) is 74.0. The first-order valence-electron chi connectivity index (χ1n) is 23.9. The van der Waals surface area contributed by atoms with Crippen molar-refractivity contribution in [2.24, 2.45) is 51.8 Å². The minimum absolute atomic E-state index is 0.0113. The van der Waals surface area contributed by atoms with Crippen molar-refractivity contribution in [3.8, 4) is 0 Å². The molecule has 6 aliphatic carbocycles. The molecule has 9 fully saturated rings. The molecule has 0 aromatic heterocycles. The Labute approximate surface area is 399 Å². The van der Waals surface area contributed by atoms with Crippen molar-refractivity contribution in [2.75, 3.05) is 17.6 Å². The number of alkyl halides is 3. The number of hydrogen-bond donors (Lipinski definition) is 5. The SMILES string of the molecule is C[C@@]12OC(=O)[C@]1([C@@H](O)[C@@H]1C=CCCC1)CC(=O)[C@@H]2CCCl.C[C@@]12OC(=O)[C@]1([C@@H](O)[C@H]1CCCC(O)C1O)CC(=O)[C@@H]2CCCl.C[C@@]12OC(=O)[C@]1([C@@H](O)[C@H]1CCCC3OC31)CC(=O)[C@@H]2CCCl. The van der Waals surface area contributed by atoms with Crippen LogP contribution in [-0.2, 0) is 47.7 Å². The topological polar surface area (TPSA) is 244 Å². The minimum atomic E-state index is -1.33. The second-order valence-corrected chi connectivity index (χ2v) is 22.3. The van der Waals surface area contributed by atoms with Crippen LogP contribution < -0.4 is 0 Å². The molecule has 0 spiro atoms. The van der Waals surface area contributed by atoms with E-state index in [2.05, 4.69) is 0 Å². The summed E-state index contributed by atoms with van der Waals surface area (Å²) in [7, 11) is 0. The van der Waals surface area contributed by atoms with E-state index in [-0.39, 0.29) is 66.5 Å². The lowest BCUT2D eigenvalue weighted by Crippen LogP contribution is -2.71. The highest BCUT2D eigenvalue weighted by atomic mass is 35.5. The zero-order valence-corrected chi connectivity index (χ0v) is 40.1. The van der Waals surface area contributed by atoms with E-state index in [0.717, 1.165) is 38.5 Å². The molecule has 0 aromatic carbocycles. The number of Topliss-reactive ketones (excluding diaryl/α,β-unsaturated/α-hetero) is 3. The molecule has 5 N–H and O–H groups in total. The second-order valence-electron chi connectivity index (χ2n) is 21.2. The van der Waals surface area contributed by atoms with Gasteiger partial charge >= 0.3 is 17.9 Å². The van der Waals surface area contributed by atoms with Crippen LogP contribution in [0.5, 0.6) is 0 Å². The van der Waals surface area contributed by atoms with Crippen LogP contribution in [0.1, 0.15) is 117 Å². The van der Waals surface area contributed by atoms with Crippen molar-refractivity contribution in [2.45, 2.75) is 177 Å². The molecular formula is C48H65Cl3O15. The normalized spacial score (nSPS) is 47.3. The van der Waals surface area contributed by atoms with Crippen LogP contribution in [-0.4, -0.2) is 138 Å². The minimum Gasteiger partial charge on any atom is -0.457 e. The third-order valence-electron chi connectivity index (χ3n) is 18.3. The third-order valence-corrected chi connectivity index (χ3v) is 19.0. The highest BCUT2D eigenvalue weighted by Crippen LogP contribution is 2.66. The molecule has 4 heterocycles. The number of carbonyl (C=O) groups is 6. The number of esters is 3. The number of ether oxygens (including phenoxy) is 4. The van der Waals surface area contributed by atoms with E-state index in [1.54, 1.807) is 20.8 Å². The van der Waals surface area contributed by atoms with Crippen molar-refractivity contribution < 1.29 is 73.2 Å². The molecule has 15 nitrogen and oxygen atoms in total. The van der Waals surface area contributed by atoms with Gasteiger partial charge in [-0.15, -0.1) is 34.8 Å². The predicted octanol–water partition coefficient (Wildman–Crippen LogP) is 4.05. The van der Waals surface area contributed by atoms with Crippen LogP contribution in [0.15, 0.2) is 12.2 Å². The quantitative estimate of drug-likeness (QED) is 0.0609. The number of halogens is 3. The first kappa shape index (κ1) is 50.2. The molecule has 19 atom stereocenters. The Bertz CT molecular complexity index is 2000. The summed E-state index contributed by atoms with van der Waals surface area (Å²) in [6.45, 7) is 5.24. The lowest BCUT2D eigenvalue weighted by Gasteiger charge is -2.56. The average Bonchev–Trinajstić information content (AvgIpc) is 4.00. The summed E-state index contributed by atoms with van der Waals surface area (Å²) in [5, 5.41) is 52.9. The Morgan fingerprint density at radius 1 is 0.591 bits per heavy atom. The first-order valence-corrected chi connectivity index (χ1v) is 25.5. The lowest BCUT2D eigenvalue weighted by atomic mass is 9.59. The fourth-order valence-corrected chi connectivity index (χ4v) is 15.0. The number of carbonyl (C=O) groups excluding carboxylic acids is 6. The van der Waals surface area contributed by atoms with Crippen molar-refractivity contribution in [3.05, 3.63) is 12.2 Å². The van der Waals surface area contributed by atoms with Gasteiger partial charge in [0.1, 0.15) is 50.4 Å². The Hall–Kier alpha value is -2.21. The van der Waals surface area contributed by atoms with Gasteiger partial charge in [0.25, 0.3) is 0 Å². The molecule has 18 heteroatoms. The maximum absolute atomic E-state index is 12.4. The Balaban J connectivity index is 0.000000135. The smallest absolute Gasteiger partial charge is 0.319 e. The van der Waals surface area contributed by atoms with Crippen LogP contribution in [0.4, 0.5) is 0 Å². The van der Waals surface area contributed by atoms with E-state index in [4.69, 9.17) is 53.8 Å². The van der Waals surface area contributed by atoms with Crippen molar-refractivity contribution in [3.63, 3.8) is 0 Å². The number of aliphatic hydroxyl groups excluding tert-OH is 5. The number of rotatable bonds is 12. The van der Waals surface area contributed by atoms with Crippen molar-refractivity contribution in [1.82, 2.24) is 0 Å². The molecule has 4 aliphatic heterocycles. The molecular weight excluding hydrogens is 923 g/mol. The van der Waals surface area contributed by atoms with Crippen molar-refractivity contribution >= 4 is 70.1 Å². The Kier molecular flexibility index (Phi) is 13.8. The van der Waals surface area contributed by atoms with Gasteiger partial charge in [-0.1, -0.05) is 25.0 Å². The molecule has 10 rings (SSSR count). The molecule has 368 valence electrons. The molecule has 4 saturated heterocycles. The lowest BCUT2D eigenvalue weighted by molar-refractivity contribution is -0.270. The maximum Gasteiger partial charge on any atom is 0.319 e. The molecule has 0 radical (unpaired) electrons. The molecule has 5 saturated carbocycles. The van der Waals surface area contributed by atoms with E-state index in [0.29, 0.717) is 50.3 Å². The number of hydrogen-bond acceptors (Lipinski definition) is 15. The summed E-state index contributed by atoms with van der Waals surface area (Å²) in [5.74, 6) is -2.79. The summed E-state index contributed by atoms with van der Waals surface area (Å²) in [6.07, 6.45) is 8.03. The zero-order valence-electron chi connectivity index (χ0n) is 37.8. The van der Waals surface area contributed by atoms with Crippen LogP contribution in [0.3, 0.4) is 0 Å². The largest absolute Gasteiger partial charge is 0.457 e. The first-order chi connectivity index (χ1) is 31.2. The summed E-state index contributed by atoms with van der Waals surface area (Å²) in [5.41, 5.74) is -6.41. The van der Waals surface area contributed by atoms with E-state index in [1.807, 2.05) is 12.2 Å². The number of fused-ring (bicyclic) bond motifs is 4. The fraction of sp³-hybridized carbons (Fsp3) is 0.833. The number of ketones is 3. The van der Waals surface area contributed by atoms with E-state index >= 15 is 0 Å². The van der Waals surface area contributed by atoms with Crippen LogP contribution in [0, 0.1) is 51.8 Å². The average molecular weight is 988 g/mol. The Morgan fingerprint density at radius 2 is 1.02 bits per heavy atom. The number of allylic oxidation sites excluding steroid dienone is 1. The monoisotopic (exact) mass is 986 g/mol. The number of aliphatic hydroxyl groups is 5. The van der Waals surface area contributed by atoms with Gasteiger partial charge in [-0.2, -0.15) is 0 Å². The molecule has 66 heavy (non-hydrogen) atoms. The predicted molar refractivity (Wildman–Crippen MR) is 236 cm³/mol. The van der Waals surface area contributed by atoms with E-state index in [9.17, 15) is 54.3 Å². The molecule has 0 amide bonds. The molecule has 10 aliphatic rings. The van der Waals surface area contributed by atoms with E-state index < -0.39 is 105 Å². The zero-order chi connectivity index (χ0) is 47.9. The molecule has 0 bridgehead atoms.